The van der Waals surface area contributed by atoms with Gasteiger partial charge in [0.1, 0.15) is 0 Å². The summed E-state index contributed by atoms with van der Waals surface area (Å²) in [6.07, 6.45) is 5.44. The van der Waals surface area contributed by atoms with Gasteiger partial charge in [-0.3, -0.25) is 4.79 Å². The van der Waals surface area contributed by atoms with Crippen molar-refractivity contribution in [1.29, 1.82) is 0 Å². The van der Waals surface area contributed by atoms with Crippen molar-refractivity contribution in [2.45, 2.75) is 52.6 Å². The molecule has 2 aliphatic rings. The van der Waals surface area contributed by atoms with E-state index in [0.29, 0.717) is 23.6 Å². The summed E-state index contributed by atoms with van der Waals surface area (Å²) in [7, 11) is 1.39. The van der Waals surface area contributed by atoms with Crippen LogP contribution in [0.1, 0.15) is 66.3 Å². The molecule has 5 rings (SSSR count). The number of aromatic nitrogens is 1. The molecule has 2 heterocycles. The van der Waals surface area contributed by atoms with Crippen molar-refractivity contribution in [2.24, 2.45) is 10.8 Å². The molecule has 33 heavy (non-hydrogen) atoms. The highest BCUT2D eigenvalue weighted by atomic mass is 16.5. The fraction of sp³-hybridized carbons (Fsp3) is 0.429. The normalized spacial score (nSPS) is 23.6. The molecule has 0 radical (unpaired) electrons. The van der Waals surface area contributed by atoms with Crippen molar-refractivity contribution in [3.05, 3.63) is 71.4 Å². The van der Waals surface area contributed by atoms with Crippen LogP contribution < -0.4 is 0 Å². The fourth-order valence-electron chi connectivity index (χ4n) is 6.40. The number of hydrogen-bond acceptors (Lipinski definition) is 3. The summed E-state index contributed by atoms with van der Waals surface area (Å²) in [5, 5.41) is 1.07. The first-order valence-electron chi connectivity index (χ1n) is 11.7. The monoisotopic (exact) mass is 444 g/mol. The van der Waals surface area contributed by atoms with Crippen LogP contribution in [0.25, 0.3) is 10.9 Å². The lowest BCUT2D eigenvalue weighted by molar-refractivity contribution is 0.0600. The molecule has 1 saturated carbocycles. The van der Waals surface area contributed by atoms with Gasteiger partial charge in [0.2, 0.25) is 0 Å². The lowest BCUT2D eigenvalue weighted by Gasteiger charge is -2.39. The third-order valence-electron chi connectivity index (χ3n) is 7.42. The molecule has 5 nitrogen and oxygen atoms in total. The maximum absolute atomic E-state index is 13.5. The van der Waals surface area contributed by atoms with Crippen molar-refractivity contribution in [1.82, 2.24) is 9.47 Å². The second-order valence-corrected chi connectivity index (χ2v) is 11.1. The number of nitrogens with zero attached hydrogens (tertiary/aromatic N) is 2. The van der Waals surface area contributed by atoms with Gasteiger partial charge in [-0.1, -0.05) is 32.9 Å². The molecule has 0 spiro atoms. The fourth-order valence-corrected chi connectivity index (χ4v) is 6.40. The van der Waals surface area contributed by atoms with Crippen molar-refractivity contribution in [2.75, 3.05) is 13.7 Å². The molecule has 2 aromatic carbocycles. The van der Waals surface area contributed by atoms with E-state index in [9.17, 15) is 9.59 Å². The quantitative estimate of drug-likeness (QED) is 0.498. The summed E-state index contributed by atoms with van der Waals surface area (Å²) in [4.78, 5) is 27.3. The molecule has 172 valence electrons. The van der Waals surface area contributed by atoms with Gasteiger partial charge in [-0.15, -0.1) is 0 Å². The van der Waals surface area contributed by atoms with Crippen molar-refractivity contribution in [3.8, 4) is 0 Å². The number of hydrogen-bond donors (Lipinski definition) is 0. The molecule has 5 heteroatoms. The van der Waals surface area contributed by atoms with E-state index in [1.165, 1.54) is 13.5 Å². The topological polar surface area (TPSA) is 51.5 Å². The minimum Gasteiger partial charge on any atom is -0.465 e. The molecule has 2 fully saturated rings. The van der Waals surface area contributed by atoms with E-state index in [4.69, 9.17) is 4.74 Å². The molecular formula is C28H32N2O3. The maximum Gasteiger partial charge on any atom is 0.337 e. The first kappa shape index (κ1) is 21.7. The molecule has 1 aromatic heterocycles. The van der Waals surface area contributed by atoms with E-state index < -0.39 is 0 Å². The van der Waals surface area contributed by atoms with E-state index in [-0.39, 0.29) is 17.3 Å². The van der Waals surface area contributed by atoms with Crippen molar-refractivity contribution < 1.29 is 14.3 Å². The number of carbonyl (C=O) groups is 2. The van der Waals surface area contributed by atoms with E-state index >= 15 is 0 Å². The zero-order valence-corrected chi connectivity index (χ0v) is 19.9. The van der Waals surface area contributed by atoms with Crippen LogP contribution in [0, 0.1) is 10.8 Å². The van der Waals surface area contributed by atoms with Gasteiger partial charge >= 0.3 is 5.97 Å². The summed E-state index contributed by atoms with van der Waals surface area (Å²) in [5.41, 5.74) is 4.04. The molecule has 2 unspecified atom stereocenters. The molecule has 3 aromatic rings. The Bertz CT molecular complexity index is 1220. The van der Waals surface area contributed by atoms with Crippen LogP contribution >= 0.6 is 0 Å². The number of esters is 1. The van der Waals surface area contributed by atoms with Gasteiger partial charge in [-0.25, -0.2) is 4.79 Å². The zero-order chi connectivity index (χ0) is 23.4. The summed E-state index contributed by atoms with van der Waals surface area (Å²) >= 11 is 0. The van der Waals surface area contributed by atoms with E-state index in [1.807, 2.05) is 24.3 Å². The second kappa shape index (κ2) is 7.75. The van der Waals surface area contributed by atoms with Crippen LogP contribution in [0.2, 0.25) is 0 Å². The number of rotatable bonds is 4. The minimum atomic E-state index is -0.329. The summed E-state index contributed by atoms with van der Waals surface area (Å²) in [6, 6.07) is 15.9. The van der Waals surface area contributed by atoms with Crippen molar-refractivity contribution >= 4 is 22.8 Å². The highest BCUT2D eigenvalue weighted by molar-refractivity contribution is 5.98. The number of amides is 1. The molecule has 2 bridgehead atoms. The lowest BCUT2D eigenvalue weighted by atomic mass is 9.65. The first-order chi connectivity index (χ1) is 15.7. The molecule has 1 aliphatic heterocycles. The SMILES string of the molecule is COC(=O)c1ccc(Cn2ccc3cc(C(=O)N4CC5(C)CC4CC(C)(C)C5)ccc32)cc1. The summed E-state index contributed by atoms with van der Waals surface area (Å²) in [5.74, 6) is -0.167. The van der Waals surface area contributed by atoms with E-state index in [2.05, 4.69) is 48.6 Å². The van der Waals surface area contributed by atoms with Crippen molar-refractivity contribution in [3.63, 3.8) is 0 Å². The molecular weight excluding hydrogens is 412 g/mol. The summed E-state index contributed by atoms with van der Waals surface area (Å²) in [6.45, 7) is 8.57. The van der Waals surface area contributed by atoms with Crippen LogP contribution in [0.15, 0.2) is 54.7 Å². The lowest BCUT2D eigenvalue weighted by Crippen LogP contribution is -2.37. The molecule has 1 aliphatic carbocycles. The molecule has 1 amide bonds. The van der Waals surface area contributed by atoms with Crippen LogP contribution in [-0.4, -0.2) is 41.0 Å². The third kappa shape index (κ3) is 4.05. The Hall–Kier alpha value is -3.08. The second-order valence-electron chi connectivity index (χ2n) is 11.1. The van der Waals surface area contributed by atoms with Crippen LogP contribution in [-0.2, 0) is 11.3 Å². The van der Waals surface area contributed by atoms with Gasteiger partial charge in [-0.05, 0) is 72.1 Å². The highest BCUT2D eigenvalue weighted by Crippen LogP contribution is 2.52. The standard InChI is InChI=1S/C28H32N2O3/c1-27(2)14-23-15-28(3,17-27)18-30(23)25(31)22-9-10-24-21(13-22)11-12-29(24)16-19-5-7-20(8-6-19)26(32)33-4/h5-13,23H,14-18H2,1-4H3. The average Bonchev–Trinajstić information content (AvgIpc) is 3.29. The number of likely N-dealkylation sites (tertiary alicyclic amines) is 1. The smallest absolute Gasteiger partial charge is 0.337 e. The van der Waals surface area contributed by atoms with Gasteiger partial charge in [0.15, 0.2) is 0 Å². The number of carbonyl (C=O) groups excluding carboxylic acids is 2. The van der Waals surface area contributed by atoms with Gasteiger partial charge < -0.3 is 14.2 Å². The Labute approximate surface area is 195 Å². The largest absolute Gasteiger partial charge is 0.465 e. The number of fused-ring (bicyclic) bond motifs is 3. The van der Waals surface area contributed by atoms with Gasteiger partial charge in [0.25, 0.3) is 5.91 Å². The number of benzene rings is 2. The Kier molecular flexibility index (Phi) is 5.11. The highest BCUT2D eigenvalue weighted by Gasteiger charge is 2.51. The molecule has 1 saturated heterocycles. The third-order valence-corrected chi connectivity index (χ3v) is 7.42. The van der Waals surface area contributed by atoms with E-state index in [1.54, 1.807) is 12.1 Å². The average molecular weight is 445 g/mol. The Balaban J connectivity index is 1.35. The van der Waals surface area contributed by atoms with Crippen LogP contribution in [0.3, 0.4) is 0 Å². The number of ether oxygens (including phenoxy) is 1. The first-order valence-corrected chi connectivity index (χ1v) is 11.7. The predicted octanol–water partition coefficient (Wildman–Crippen LogP) is 5.52. The zero-order valence-electron chi connectivity index (χ0n) is 19.9. The minimum absolute atomic E-state index is 0.162. The number of methoxy groups -OCH3 is 1. The van der Waals surface area contributed by atoms with Crippen LogP contribution in [0.5, 0.6) is 0 Å². The molecule has 2 atom stereocenters. The maximum atomic E-state index is 13.5. The van der Waals surface area contributed by atoms with Crippen LogP contribution in [0.4, 0.5) is 0 Å². The van der Waals surface area contributed by atoms with Gasteiger partial charge in [-0.2, -0.15) is 0 Å². The Morgan fingerprint density at radius 3 is 2.45 bits per heavy atom. The van der Waals surface area contributed by atoms with Gasteiger partial charge in [0.05, 0.1) is 12.7 Å². The molecule has 0 N–H and O–H groups in total. The Morgan fingerprint density at radius 1 is 1.00 bits per heavy atom. The van der Waals surface area contributed by atoms with E-state index in [0.717, 1.165) is 41.4 Å². The Morgan fingerprint density at radius 2 is 1.73 bits per heavy atom. The summed E-state index contributed by atoms with van der Waals surface area (Å²) < 4.78 is 6.94. The predicted molar refractivity (Wildman–Crippen MR) is 129 cm³/mol. The van der Waals surface area contributed by atoms with Gasteiger partial charge in [0, 0.05) is 41.8 Å².